The fourth-order valence-electron chi connectivity index (χ4n) is 1.33. The summed E-state index contributed by atoms with van der Waals surface area (Å²) in [4.78, 5) is 14.2. The first-order chi connectivity index (χ1) is 7.70. The Hall–Kier alpha value is -1.74. The summed E-state index contributed by atoms with van der Waals surface area (Å²) in [5, 5.41) is -0.145. The van der Waals surface area contributed by atoms with Gasteiger partial charge in [0.15, 0.2) is 11.0 Å². The first-order valence-electron chi connectivity index (χ1n) is 4.57. The van der Waals surface area contributed by atoms with Crippen LogP contribution in [0.1, 0.15) is 10.4 Å². The van der Waals surface area contributed by atoms with Gasteiger partial charge in [-0.2, -0.15) is 0 Å². The van der Waals surface area contributed by atoms with E-state index in [1.54, 1.807) is 24.3 Å². The summed E-state index contributed by atoms with van der Waals surface area (Å²) in [6.07, 6.45) is 2.24. The van der Waals surface area contributed by atoms with E-state index in [2.05, 4.69) is 4.98 Å². The third-order valence-corrected chi connectivity index (χ3v) is 2.45. The first-order valence-corrected chi connectivity index (χ1v) is 4.95. The van der Waals surface area contributed by atoms with Crippen LogP contribution < -0.4 is 0 Å². The molecule has 0 saturated heterocycles. The molecule has 0 aliphatic heterocycles. The van der Waals surface area contributed by atoms with Crippen LogP contribution in [-0.4, -0.2) is 11.3 Å². The molecule has 0 unspecified atom stereocenters. The third kappa shape index (κ3) is 2.09. The van der Waals surface area contributed by atoms with Gasteiger partial charge in [-0.15, -0.1) is 0 Å². The molecule has 4 heteroatoms. The molecule has 0 bridgehead atoms. The molecule has 0 aliphatic carbocycles. The second kappa shape index (κ2) is 4.41. The van der Waals surface area contributed by atoms with Crippen molar-refractivity contribution in [2.45, 2.75) is 0 Å². The van der Waals surface area contributed by atoms with Crippen molar-refractivity contribution in [3.8, 4) is 11.1 Å². The highest BCUT2D eigenvalue weighted by molar-refractivity contribution is 6.29. The maximum absolute atomic E-state index is 13.2. The van der Waals surface area contributed by atoms with Gasteiger partial charge in [0.2, 0.25) is 0 Å². The summed E-state index contributed by atoms with van der Waals surface area (Å²) in [7, 11) is 0. The highest BCUT2D eigenvalue weighted by atomic mass is 35.5. The van der Waals surface area contributed by atoms with Gasteiger partial charge in [-0.3, -0.25) is 4.79 Å². The Balaban J connectivity index is 2.42. The molecule has 0 aliphatic rings. The lowest BCUT2D eigenvalue weighted by Crippen LogP contribution is -1.86. The van der Waals surface area contributed by atoms with Crippen molar-refractivity contribution in [3.63, 3.8) is 0 Å². The van der Waals surface area contributed by atoms with Crippen molar-refractivity contribution < 1.29 is 9.18 Å². The molecule has 0 radical (unpaired) electrons. The number of nitrogens with zero attached hydrogens (tertiary/aromatic N) is 1. The van der Waals surface area contributed by atoms with Gasteiger partial charge in [-0.05, 0) is 11.6 Å². The van der Waals surface area contributed by atoms with Crippen LogP contribution in [0.5, 0.6) is 0 Å². The first kappa shape index (κ1) is 10.8. The predicted molar refractivity (Wildman–Crippen MR) is 60.0 cm³/mol. The van der Waals surface area contributed by atoms with Crippen molar-refractivity contribution in [2.24, 2.45) is 0 Å². The summed E-state index contributed by atoms with van der Waals surface area (Å²) < 4.78 is 13.2. The molecular formula is C12H7ClFNO. The lowest BCUT2D eigenvalue weighted by molar-refractivity contribution is 0.112. The molecule has 1 aromatic heterocycles. The van der Waals surface area contributed by atoms with Gasteiger partial charge in [-0.1, -0.05) is 35.9 Å². The molecule has 0 spiro atoms. The molecule has 0 N–H and O–H groups in total. The molecule has 0 saturated carbocycles. The van der Waals surface area contributed by atoms with Crippen LogP contribution in [0.15, 0.2) is 36.5 Å². The maximum atomic E-state index is 13.2. The minimum Gasteiger partial charge on any atom is -0.298 e. The van der Waals surface area contributed by atoms with E-state index >= 15 is 0 Å². The van der Waals surface area contributed by atoms with Crippen LogP contribution in [0.25, 0.3) is 11.1 Å². The van der Waals surface area contributed by atoms with E-state index in [0.717, 1.165) is 11.8 Å². The zero-order valence-electron chi connectivity index (χ0n) is 8.15. The van der Waals surface area contributed by atoms with Crippen LogP contribution in [0.4, 0.5) is 4.39 Å². The number of pyridine rings is 1. The minimum atomic E-state index is -0.557. The van der Waals surface area contributed by atoms with Crippen molar-refractivity contribution in [3.05, 3.63) is 53.1 Å². The van der Waals surface area contributed by atoms with Crippen molar-refractivity contribution in [1.29, 1.82) is 0 Å². The summed E-state index contributed by atoms with van der Waals surface area (Å²) in [5.41, 5.74) is 1.99. The van der Waals surface area contributed by atoms with Gasteiger partial charge < -0.3 is 0 Å². The quantitative estimate of drug-likeness (QED) is 0.590. The van der Waals surface area contributed by atoms with Crippen LogP contribution in [0.2, 0.25) is 5.15 Å². The Morgan fingerprint density at radius 3 is 2.44 bits per heavy atom. The number of halogens is 2. The summed E-state index contributed by atoms with van der Waals surface area (Å²) in [6.45, 7) is 0. The molecule has 0 amide bonds. The van der Waals surface area contributed by atoms with E-state index in [1.165, 1.54) is 12.3 Å². The molecule has 1 heterocycles. The number of carbonyl (C=O) groups is 1. The highest BCUT2D eigenvalue weighted by Crippen LogP contribution is 2.22. The number of benzene rings is 1. The van der Waals surface area contributed by atoms with Gasteiger partial charge in [-0.25, -0.2) is 9.37 Å². The molecule has 2 aromatic rings. The topological polar surface area (TPSA) is 30.0 Å². The fourth-order valence-corrected chi connectivity index (χ4v) is 1.44. The Morgan fingerprint density at radius 2 is 1.88 bits per heavy atom. The van der Waals surface area contributed by atoms with Crippen LogP contribution in [0, 0.1) is 5.82 Å². The maximum Gasteiger partial charge on any atom is 0.164 e. The van der Waals surface area contributed by atoms with E-state index in [4.69, 9.17) is 11.6 Å². The molecule has 16 heavy (non-hydrogen) atoms. The summed E-state index contributed by atoms with van der Waals surface area (Å²) in [6, 6.07) is 8.09. The monoisotopic (exact) mass is 235 g/mol. The molecule has 0 atom stereocenters. The van der Waals surface area contributed by atoms with Crippen molar-refractivity contribution in [1.82, 2.24) is 4.98 Å². The van der Waals surface area contributed by atoms with E-state index in [-0.39, 0.29) is 5.15 Å². The van der Waals surface area contributed by atoms with Crippen LogP contribution in [0.3, 0.4) is 0 Å². The molecule has 0 fully saturated rings. The van der Waals surface area contributed by atoms with Crippen LogP contribution in [-0.2, 0) is 0 Å². The smallest absolute Gasteiger partial charge is 0.164 e. The van der Waals surface area contributed by atoms with Gasteiger partial charge >= 0.3 is 0 Å². The molecule has 1 aromatic carbocycles. The number of aromatic nitrogens is 1. The number of carbonyl (C=O) groups excluding carboxylic acids is 1. The van der Waals surface area contributed by atoms with E-state index in [0.29, 0.717) is 11.1 Å². The number of rotatable bonds is 2. The average molecular weight is 236 g/mol. The Morgan fingerprint density at radius 1 is 1.19 bits per heavy atom. The normalized spacial score (nSPS) is 10.1. The van der Waals surface area contributed by atoms with E-state index in [1.807, 2.05) is 0 Å². The largest absolute Gasteiger partial charge is 0.298 e. The number of hydrogen-bond donors (Lipinski definition) is 0. The molecule has 2 rings (SSSR count). The van der Waals surface area contributed by atoms with Gasteiger partial charge in [0.05, 0.1) is 0 Å². The molecule has 80 valence electrons. The van der Waals surface area contributed by atoms with Crippen LogP contribution >= 0.6 is 11.6 Å². The zero-order valence-corrected chi connectivity index (χ0v) is 8.91. The molecule has 2 nitrogen and oxygen atoms in total. The second-order valence-electron chi connectivity index (χ2n) is 3.24. The lowest BCUT2D eigenvalue weighted by Gasteiger charge is -2.02. The summed E-state index contributed by atoms with van der Waals surface area (Å²) >= 11 is 5.48. The van der Waals surface area contributed by atoms with Crippen molar-refractivity contribution in [2.75, 3.05) is 0 Å². The summed E-state index contributed by atoms with van der Waals surface area (Å²) in [5.74, 6) is -0.557. The van der Waals surface area contributed by atoms with E-state index < -0.39 is 5.82 Å². The average Bonchev–Trinajstić information content (AvgIpc) is 2.33. The Kier molecular flexibility index (Phi) is 2.97. The second-order valence-corrected chi connectivity index (χ2v) is 3.59. The zero-order chi connectivity index (χ0) is 11.5. The number of hydrogen-bond acceptors (Lipinski definition) is 2. The Bertz CT molecular complexity index is 525. The van der Waals surface area contributed by atoms with Gasteiger partial charge in [0.25, 0.3) is 0 Å². The van der Waals surface area contributed by atoms with Crippen molar-refractivity contribution >= 4 is 17.9 Å². The Labute approximate surface area is 96.7 Å². The fraction of sp³-hybridized carbons (Fsp3) is 0. The van der Waals surface area contributed by atoms with Gasteiger partial charge in [0.1, 0.15) is 6.29 Å². The highest BCUT2D eigenvalue weighted by Gasteiger charge is 2.04. The SMILES string of the molecule is O=Cc1ccc(-c2cnc(Cl)c(F)c2)cc1. The van der Waals surface area contributed by atoms with E-state index in [9.17, 15) is 9.18 Å². The third-order valence-electron chi connectivity index (χ3n) is 2.18. The lowest BCUT2D eigenvalue weighted by atomic mass is 10.1. The van der Waals surface area contributed by atoms with Gasteiger partial charge in [0, 0.05) is 17.3 Å². The minimum absolute atomic E-state index is 0.145. The molecular weight excluding hydrogens is 229 g/mol. The number of aldehydes is 1. The predicted octanol–water partition coefficient (Wildman–Crippen LogP) is 3.35. The standard InChI is InChI=1S/C12H7ClFNO/c13-12-11(14)5-10(6-15-12)9-3-1-8(7-16)2-4-9/h1-7H.